The lowest BCUT2D eigenvalue weighted by molar-refractivity contribution is 0.196. The van der Waals surface area contributed by atoms with Crippen LogP contribution in [0.4, 0.5) is 0 Å². The summed E-state index contributed by atoms with van der Waals surface area (Å²) in [4.78, 5) is 2.49. The van der Waals surface area contributed by atoms with Crippen LogP contribution >= 0.6 is 11.6 Å². The van der Waals surface area contributed by atoms with Gasteiger partial charge in [-0.25, -0.2) is 0 Å². The minimum absolute atomic E-state index is 0.510. The number of rotatable bonds is 5. The standard InChI is InChI=1S/C19H26ClN5O/c1-2-26-18-15(4-3-5-16(18)20)13-24-9-6-14(7-10-24)19-23-22-17-12-21-8-11-25(17)19/h3-5,14,21H,2,6-13H2,1H3. The first-order chi connectivity index (χ1) is 12.8. The predicted molar refractivity (Wildman–Crippen MR) is 102 cm³/mol. The summed E-state index contributed by atoms with van der Waals surface area (Å²) < 4.78 is 8.09. The molecule has 140 valence electrons. The molecule has 7 heteroatoms. The van der Waals surface area contributed by atoms with Crippen molar-refractivity contribution < 1.29 is 4.74 Å². The monoisotopic (exact) mass is 375 g/mol. The molecule has 2 aromatic rings. The second kappa shape index (κ2) is 7.94. The molecule has 0 bridgehead atoms. The minimum atomic E-state index is 0.510. The van der Waals surface area contributed by atoms with Gasteiger partial charge < -0.3 is 14.6 Å². The molecule has 0 spiro atoms. The van der Waals surface area contributed by atoms with Gasteiger partial charge in [-0.05, 0) is 38.9 Å². The molecule has 0 amide bonds. The van der Waals surface area contributed by atoms with Gasteiger partial charge in [0.2, 0.25) is 0 Å². The zero-order valence-electron chi connectivity index (χ0n) is 15.2. The van der Waals surface area contributed by atoms with Gasteiger partial charge in [0.05, 0.1) is 18.2 Å². The van der Waals surface area contributed by atoms with Gasteiger partial charge in [0, 0.05) is 31.1 Å². The number of halogens is 1. The maximum Gasteiger partial charge on any atom is 0.147 e. The third-order valence-electron chi connectivity index (χ3n) is 5.34. The Kier molecular flexibility index (Phi) is 5.43. The smallest absolute Gasteiger partial charge is 0.147 e. The highest BCUT2D eigenvalue weighted by atomic mass is 35.5. The molecule has 2 aliphatic heterocycles. The Labute approximate surface area is 159 Å². The van der Waals surface area contributed by atoms with Gasteiger partial charge in [0.15, 0.2) is 0 Å². The molecule has 0 saturated carbocycles. The number of fused-ring (bicyclic) bond motifs is 1. The largest absolute Gasteiger partial charge is 0.492 e. The number of piperidine rings is 1. The van der Waals surface area contributed by atoms with E-state index in [1.807, 2.05) is 19.1 Å². The lowest BCUT2D eigenvalue weighted by Gasteiger charge is -2.32. The van der Waals surface area contributed by atoms with Crippen molar-refractivity contribution in [1.82, 2.24) is 25.0 Å². The van der Waals surface area contributed by atoms with Crippen LogP contribution in [0.2, 0.25) is 5.02 Å². The molecule has 6 nitrogen and oxygen atoms in total. The summed E-state index contributed by atoms with van der Waals surface area (Å²) in [5, 5.41) is 12.9. The van der Waals surface area contributed by atoms with Crippen LogP contribution in [0.15, 0.2) is 18.2 Å². The summed E-state index contributed by atoms with van der Waals surface area (Å²) in [7, 11) is 0. The Morgan fingerprint density at radius 3 is 2.88 bits per heavy atom. The van der Waals surface area contributed by atoms with E-state index < -0.39 is 0 Å². The fourth-order valence-electron chi connectivity index (χ4n) is 3.99. The van der Waals surface area contributed by atoms with Crippen molar-refractivity contribution in [3.05, 3.63) is 40.4 Å². The van der Waals surface area contributed by atoms with Gasteiger partial charge in [-0.2, -0.15) is 0 Å². The van der Waals surface area contributed by atoms with Crippen molar-refractivity contribution in [3.8, 4) is 5.75 Å². The van der Waals surface area contributed by atoms with E-state index in [1.54, 1.807) is 0 Å². The van der Waals surface area contributed by atoms with E-state index in [1.165, 1.54) is 11.4 Å². The van der Waals surface area contributed by atoms with E-state index in [0.717, 1.165) is 63.7 Å². The van der Waals surface area contributed by atoms with E-state index in [2.05, 4.69) is 31.0 Å². The predicted octanol–water partition coefficient (Wildman–Crippen LogP) is 2.81. The molecule has 2 aliphatic rings. The maximum atomic E-state index is 6.32. The zero-order valence-corrected chi connectivity index (χ0v) is 16.0. The first kappa shape index (κ1) is 17.8. The van der Waals surface area contributed by atoms with Gasteiger partial charge in [-0.15, -0.1) is 10.2 Å². The molecule has 26 heavy (non-hydrogen) atoms. The lowest BCUT2D eigenvalue weighted by Crippen LogP contribution is -2.34. The first-order valence-electron chi connectivity index (χ1n) is 9.51. The van der Waals surface area contributed by atoms with E-state index in [4.69, 9.17) is 16.3 Å². The Hall–Kier alpha value is -1.63. The lowest BCUT2D eigenvalue weighted by atomic mass is 9.95. The zero-order chi connectivity index (χ0) is 17.9. The number of hydrogen-bond donors (Lipinski definition) is 1. The SMILES string of the molecule is CCOc1c(Cl)cccc1CN1CCC(c2nnc3n2CCNC3)CC1. The van der Waals surface area contributed by atoms with Crippen molar-refractivity contribution in [3.63, 3.8) is 0 Å². The molecule has 1 N–H and O–H groups in total. The summed E-state index contributed by atoms with van der Waals surface area (Å²) in [5.41, 5.74) is 1.17. The topological polar surface area (TPSA) is 55.2 Å². The molecular formula is C19H26ClN5O. The Morgan fingerprint density at radius 2 is 2.08 bits per heavy atom. The van der Waals surface area contributed by atoms with Gasteiger partial charge in [0.25, 0.3) is 0 Å². The molecule has 3 heterocycles. The van der Waals surface area contributed by atoms with E-state index in [0.29, 0.717) is 17.5 Å². The summed E-state index contributed by atoms with van der Waals surface area (Å²) in [6.07, 6.45) is 2.24. The van der Waals surface area contributed by atoms with Gasteiger partial charge >= 0.3 is 0 Å². The summed E-state index contributed by atoms with van der Waals surface area (Å²) in [5.74, 6) is 3.60. The highest BCUT2D eigenvalue weighted by Gasteiger charge is 2.27. The third-order valence-corrected chi connectivity index (χ3v) is 5.63. The second-order valence-corrected chi connectivity index (χ2v) is 7.42. The molecule has 0 unspecified atom stereocenters. The van der Waals surface area contributed by atoms with E-state index in [9.17, 15) is 0 Å². The molecule has 1 saturated heterocycles. The van der Waals surface area contributed by atoms with E-state index >= 15 is 0 Å². The number of nitrogens with one attached hydrogen (secondary N) is 1. The van der Waals surface area contributed by atoms with Gasteiger partial charge in [-0.3, -0.25) is 4.90 Å². The Morgan fingerprint density at radius 1 is 1.23 bits per heavy atom. The number of hydrogen-bond acceptors (Lipinski definition) is 5. The fourth-order valence-corrected chi connectivity index (χ4v) is 4.24. The number of likely N-dealkylation sites (tertiary alicyclic amines) is 1. The average molecular weight is 376 g/mol. The molecule has 0 aliphatic carbocycles. The summed E-state index contributed by atoms with van der Waals surface area (Å²) in [6, 6.07) is 6.01. The number of aromatic nitrogens is 3. The second-order valence-electron chi connectivity index (χ2n) is 7.01. The molecule has 1 fully saturated rings. The number of ether oxygens (including phenoxy) is 1. The van der Waals surface area contributed by atoms with Crippen LogP contribution in [0.3, 0.4) is 0 Å². The number of para-hydroxylation sites is 1. The van der Waals surface area contributed by atoms with Crippen molar-refractivity contribution >= 4 is 11.6 Å². The molecule has 4 rings (SSSR count). The maximum absolute atomic E-state index is 6.32. The van der Waals surface area contributed by atoms with Crippen LogP contribution < -0.4 is 10.1 Å². The third kappa shape index (κ3) is 3.59. The van der Waals surface area contributed by atoms with Gasteiger partial charge in [-0.1, -0.05) is 23.7 Å². The van der Waals surface area contributed by atoms with Crippen LogP contribution in [-0.2, 0) is 19.6 Å². The summed E-state index contributed by atoms with van der Waals surface area (Å²) in [6.45, 7) is 8.45. The van der Waals surface area contributed by atoms with Crippen molar-refractivity contribution in [2.24, 2.45) is 0 Å². The molecule has 0 atom stereocenters. The highest BCUT2D eigenvalue weighted by Crippen LogP contribution is 2.32. The first-order valence-corrected chi connectivity index (χ1v) is 9.89. The average Bonchev–Trinajstić information content (AvgIpc) is 3.09. The van der Waals surface area contributed by atoms with Crippen molar-refractivity contribution in [2.45, 2.75) is 45.3 Å². The van der Waals surface area contributed by atoms with Crippen molar-refractivity contribution in [2.75, 3.05) is 26.2 Å². The highest BCUT2D eigenvalue weighted by molar-refractivity contribution is 6.32. The number of nitrogens with zero attached hydrogens (tertiary/aromatic N) is 4. The van der Waals surface area contributed by atoms with Gasteiger partial charge in [0.1, 0.15) is 17.4 Å². The molecule has 1 aromatic heterocycles. The normalized spacial score (nSPS) is 18.7. The van der Waals surface area contributed by atoms with E-state index in [-0.39, 0.29) is 0 Å². The van der Waals surface area contributed by atoms with Crippen LogP contribution in [0.1, 0.15) is 42.9 Å². The quantitative estimate of drug-likeness (QED) is 0.870. The molecule has 1 aromatic carbocycles. The fraction of sp³-hybridized carbons (Fsp3) is 0.579. The Balaban J connectivity index is 1.40. The van der Waals surface area contributed by atoms with Crippen molar-refractivity contribution in [1.29, 1.82) is 0 Å². The van der Waals surface area contributed by atoms with Crippen LogP contribution in [0.5, 0.6) is 5.75 Å². The molecular weight excluding hydrogens is 350 g/mol. The Bertz CT molecular complexity index is 754. The molecule has 0 radical (unpaired) electrons. The van der Waals surface area contributed by atoms with Crippen LogP contribution in [0, 0.1) is 0 Å². The number of benzene rings is 1. The minimum Gasteiger partial charge on any atom is -0.492 e. The summed E-state index contributed by atoms with van der Waals surface area (Å²) >= 11 is 6.32. The van der Waals surface area contributed by atoms with Crippen LogP contribution in [0.25, 0.3) is 0 Å². The van der Waals surface area contributed by atoms with Crippen LogP contribution in [-0.4, -0.2) is 45.9 Å².